The molecule has 1 aliphatic heterocycles. The molecule has 116 valence electrons. The minimum Gasteiger partial charge on any atom is -0.481 e. The van der Waals surface area contributed by atoms with E-state index in [1.54, 1.807) is 9.80 Å². The molecule has 1 aliphatic rings. The van der Waals surface area contributed by atoms with Gasteiger partial charge < -0.3 is 19.6 Å². The summed E-state index contributed by atoms with van der Waals surface area (Å²) in [6, 6.07) is -0.0968. The van der Waals surface area contributed by atoms with Crippen LogP contribution in [0.2, 0.25) is 0 Å². The quantitative estimate of drug-likeness (QED) is 0.855. The second-order valence-electron chi connectivity index (χ2n) is 6.10. The fourth-order valence-corrected chi connectivity index (χ4v) is 2.24. The molecule has 0 saturated carbocycles. The van der Waals surface area contributed by atoms with Crippen LogP contribution < -0.4 is 0 Å². The van der Waals surface area contributed by atoms with E-state index in [4.69, 9.17) is 9.84 Å². The minimum atomic E-state index is -0.888. The van der Waals surface area contributed by atoms with Crippen LogP contribution >= 0.6 is 0 Å². The van der Waals surface area contributed by atoms with Crippen LogP contribution in [-0.4, -0.2) is 64.8 Å². The zero-order valence-electron chi connectivity index (χ0n) is 12.9. The number of morpholine rings is 1. The predicted molar refractivity (Wildman–Crippen MR) is 75.7 cm³/mol. The molecule has 2 amide bonds. The molecule has 20 heavy (non-hydrogen) atoms. The van der Waals surface area contributed by atoms with Crippen LogP contribution in [0.1, 0.15) is 40.5 Å². The molecule has 1 rings (SSSR count). The van der Waals surface area contributed by atoms with Gasteiger partial charge in [0.15, 0.2) is 0 Å². The number of carboxylic acids is 1. The van der Waals surface area contributed by atoms with Crippen LogP contribution in [0, 0.1) is 0 Å². The highest BCUT2D eigenvalue weighted by atomic mass is 16.5. The maximum absolute atomic E-state index is 12.6. The first-order valence-electron chi connectivity index (χ1n) is 7.15. The number of ether oxygens (including phenoxy) is 1. The van der Waals surface area contributed by atoms with Gasteiger partial charge in [-0.1, -0.05) is 6.92 Å². The molecule has 1 atom stereocenters. The number of amides is 2. The smallest absolute Gasteiger partial charge is 0.320 e. The Kier molecular flexibility index (Phi) is 5.80. The zero-order chi connectivity index (χ0) is 15.3. The summed E-state index contributed by atoms with van der Waals surface area (Å²) in [5.41, 5.74) is -0.396. The lowest BCUT2D eigenvalue weighted by atomic mass is 10.1. The van der Waals surface area contributed by atoms with E-state index in [-0.39, 0.29) is 25.1 Å². The number of nitrogens with zero attached hydrogens (tertiary/aromatic N) is 2. The molecule has 0 aromatic carbocycles. The fraction of sp³-hybridized carbons (Fsp3) is 0.857. The Morgan fingerprint density at radius 3 is 2.55 bits per heavy atom. The van der Waals surface area contributed by atoms with Gasteiger partial charge in [-0.15, -0.1) is 0 Å². The second kappa shape index (κ2) is 6.92. The Morgan fingerprint density at radius 2 is 2.05 bits per heavy atom. The molecule has 0 aliphatic carbocycles. The maximum atomic E-state index is 12.6. The molecule has 1 N–H and O–H groups in total. The molecule has 6 nitrogen and oxygen atoms in total. The van der Waals surface area contributed by atoms with E-state index in [1.807, 2.05) is 27.7 Å². The molecule has 0 aromatic heterocycles. The van der Waals surface area contributed by atoms with Crippen molar-refractivity contribution in [1.29, 1.82) is 0 Å². The monoisotopic (exact) mass is 286 g/mol. The van der Waals surface area contributed by atoms with Crippen molar-refractivity contribution in [3.05, 3.63) is 0 Å². The molecule has 1 saturated heterocycles. The van der Waals surface area contributed by atoms with Gasteiger partial charge in [0.2, 0.25) is 0 Å². The van der Waals surface area contributed by atoms with Gasteiger partial charge in [-0.2, -0.15) is 0 Å². The summed E-state index contributed by atoms with van der Waals surface area (Å²) in [6.45, 7) is 9.71. The highest BCUT2D eigenvalue weighted by Gasteiger charge is 2.32. The number of urea groups is 1. The van der Waals surface area contributed by atoms with Crippen LogP contribution in [0.5, 0.6) is 0 Å². The third-order valence-electron chi connectivity index (χ3n) is 3.45. The first-order valence-corrected chi connectivity index (χ1v) is 7.15. The Hall–Kier alpha value is -1.30. The highest BCUT2D eigenvalue weighted by molar-refractivity contribution is 5.76. The van der Waals surface area contributed by atoms with Gasteiger partial charge in [-0.25, -0.2) is 4.79 Å². The summed E-state index contributed by atoms with van der Waals surface area (Å²) < 4.78 is 5.56. The van der Waals surface area contributed by atoms with Crippen molar-refractivity contribution in [3.8, 4) is 0 Å². The van der Waals surface area contributed by atoms with Crippen molar-refractivity contribution in [2.24, 2.45) is 0 Å². The standard InChI is InChI=1S/C14H26N2O4/c1-5-11-10-15(8-9-20-11)13(19)16(14(2,3)4)7-6-12(17)18/h11H,5-10H2,1-4H3,(H,17,18). The number of hydrogen-bond donors (Lipinski definition) is 1. The summed E-state index contributed by atoms with van der Waals surface area (Å²) in [4.78, 5) is 26.8. The van der Waals surface area contributed by atoms with Gasteiger partial charge in [0.05, 0.1) is 19.1 Å². The summed E-state index contributed by atoms with van der Waals surface area (Å²) in [5.74, 6) is -0.888. The lowest BCUT2D eigenvalue weighted by Crippen LogP contribution is -2.56. The van der Waals surface area contributed by atoms with Gasteiger partial charge in [-0.05, 0) is 27.2 Å². The van der Waals surface area contributed by atoms with Crippen molar-refractivity contribution in [1.82, 2.24) is 9.80 Å². The van der Waals surface area contributed by atoms with Crippen LogP contribution in [0.15, 0.2) is 0 Å². The van der Waals surface area contributed by atoms with Gasteiger partial charge in [-0.3, -0.25) is 4.79 Å². The Morgan fingerprint density at radius 1 is 1.40 bits per heavy atom. The van der Waals surface area contributed by atoms with Crippen LogP contribution in [0.4, 0.5) is 4.79 Å². The van der Waals surface area contributed by atoms with Crippen molar-refractivity contribution in [2.45, 2.75) is 52.2 Å². The molecule has 0 aromatic rings. The number of carbonyl (C=O) groups is 2. The first kappa shape index (κ1) is 16.8. The normalized spacial score (nSPS) is 19.8. The number of aliphatic carboxylic acids is 1. The van der Waals surface area contributed by atoms with E-state index in [1.165, 1.54) is 0 Å². The highest BCUT2D eigenvalue weighted by Crippen LogP contribution is 2.18. The lowest BCUT2D eigenvalue weighted by Gasteiger charge is -2.41. The predicted octanol–water partition coefficient (Wildman–Crippen LogP) is 1.79. The Bertz CT molecular complexity index is 352. The summed E-state index contributed by atoms with van der Waals surface area (Å²) in [6.07, 6.45) is 0.910. The maximum Gasteiger partial charge on any atom is 0.320 e. The van der Waals surface area contributed by atoms with Crippen LogP contribution in [0.3, 0.4) is 0 Å². The molecule has 0 spiro atoms. The minimum absolute atomic E-state index is 0.0371. The van der Waals surface area contributed by atoms with Gasteiger partial charge in [0.1, 0.15) is 0 Å². The number of rotatable bonds is 4. The number of carbonyl (C=O) groups excluding carboxylic acids is 1. The molecule has 1 unspecified atom stereocenters. The van der Waals surface area contributed by atoms with Crippen molar-refractivity contribution in [3.63, 3.8) is 0 Å². The van der Waals surface area contributed by atoms with E-state index in [2.05, 4.69) is 0 Å². The summed E-state index contributed by atoms with van der Waals surface area (Å²) in [5, 5.41) is 8.83. The first-order chi connectivity index (χ1) is 9.25. The molecular formula is C14H26N2O4. The lowest BCUT2D eigenvalue weighted by molar-refractivity contribution is -0.137. The van der Waals surface area contributed by atoms with Gasteiger partial charge >= 0.3 is 12.0 Å². The van der Waals surface area contributed by atoms with Crippen LogP contribution in [-0.2, 0) is 9.53 Å². The van der Waals surface area contributed by atoms with Gasteiger partial charge in [0.25, 0.3) is 0 Å². The number of carboxylic acid groups (broad SMARTS) is 1. The number of hydrogen-bond acceptors (Lipinski definition) is 3. The van der Waals surface area contributed by atoms with E-state index in [9.17, 15) is 9.59 Å². The second-order valence-corrected chi connectivity index (χ2v) is 6.10. The third kappa shape index (κ3) is 4.67. The van der Waals surface area contributed by atoms with E-state index < -0.39 is 11.5 Å². The molecule has 1 heterocycles. The molecule has 0 radical (unpaired) electrons. The van der Waals surface area contributed by atoms with E-state index in [0.29, 0.717) is 19.7 Å². The topological polar surface area (TPSA) is 70.1 Å². The largest absolute Gasteiger partial charge is 0.481 e. The van der Waals surface area contributed by atoms with E-state index in [0.717, 1.165) is 6.42 Å². The summed E-state index contributed by atoms with van der Waals surface area (Å²) in [7, 11) is 0. The van der Waals surface area contributed by atoms with Crippen molar-refractivity contribution in [2.75, 3.05) is 26.2 Å². The van der Waals surface area contributed by atoms with Crippen molar-refractivity contribution >= 4 is 12.0 Å². The van der Waals surface area contributed by atoms with Crippen molar-refractivity contribution < 1.29 is 19.4 Å². The van der Waals surface area contributed by atoms with E-state index >= 15 is 0 Å². The fourth-order valence-electron chi connectivity index (χ4n) is 2.24. The third-order valence-corrected chi connectivity index (χ3v) is 3.45. The SMILES string of the molecule is CCC1CN(C(=O)N(CCC(=O)O)C(C)(C)C)CCO1. The average Bonchev–Trinajstić information content (AvgIpc) is 2.36. The molecular weight excluding hydrogens is 260 g/mol. The average molecular weight is 286 g/mol. The molecule has 0 bridgehead atoms. The Labute approximate surface area is 120 Å². The van der Waals surface area contributed by atoms with Gasteiger partial charge in [0, 0.05) is 25.2 Å². The molecule has 6 heteroatoms. The zero-order valence-corrected chi connectivity index (χ0v) is 12.9. The van der Waals surface area contributed by atoms with Crippen LogP contribution in [0.25, 0.3) is 0 Å². The molecule has 1 fully saturated rings. The Balaban J connectivity index is 2.74. The summed E-state index contributed by atoms with van der Waals surface area (Å²) >= 11 is 0.